The zero-order valence-corrected chi connectivity index (χ0v) is 18.6. The fraction of sp³-hybridized carbons (Fsp3) is 0.476. The van der Waals surface area contributed by atoms with Crippen LogP contribution in [0.1, 0.15) is 53.4 Å². The molecule has 1 rings (SSSR count). The van der Waals surface area contributed by atoms with Crippen LogP contribution in [0.15, 0.2) is 51.7 Å². The summed E-state index contributed by atoms with van der Waals surface area (Å²) in [6.45, 7) is 6.87. The van der Waals surface area contributed by atoms with Gasteiger partial charge in [-0.25, -0.2) is 8.42 Å². The number of allylic oxidation sites excluding steroid dienone is 2. The third-order valence-corrected chi connectivity index (χ3v) is 6.56. The minimum Gasteiger partial charge on any atom is -0.511 e. The molecule has 0 fully saturated rings. The lowest BCUT2D eigenvalue weighted by Crippen LogP contribution is -2.47. The molecule has 0 heterocycles. The van der Waals surface area contributed by atoms with E-state index in [0.29, 0.717) is 24.3 Å². The van der Waals surface area contributed by atoms with E-state index < -0.39 is 31.9 Å². The Hall–Kier alpha value is -2.48. The van der Waals surface area contributed by atoms with Gasteiger partial charge in [-0.05, 0) is 64.0 Å². The number of nitrogens with one attached hydrogen (secondary N) is 1. The second kappa shape index (κ2) is 10.3. The standard InChI is InChI=1S/C21H32N2O5S/c1-6-7-13-21(4,14-12-15(2)28-5)23-20(25)19(16(3)24)29(26,27)18-10-8-17(22)9-11-18/h8-12,24H,6-7,13-14,22H2,1-5H3,(H,23,25)/b15-12+,19-16-. The van der Waals surface area contributed by atoms with Crippen molar-refractivity contribution in [2.24, 2.45) is 0 Å². The highest BCUT2D eigenvalue weighted by atomic mass is 32.2. The Labute approximate surface area is 173 Å². The number of ether oxygens (including phenoxy) is 1. The Kier molecular flexibility index (Phi) is 8.76. The molecule has 7 nitrogen and oxygen atoms in total. The maximum Gasteiger partial charge on any atom is 0.267 e. The minimum absolute atomic E-state index is 0.115. The molecule has 29 heavy (non-hydrogen) atoms. The van der Waals surface area contributed by atoms with Crippen LogP contribution < -0.4 is 11.1 Å². The summed E-state index contributed by atoms with van der Waals surface area (Å²) < 4.78 is 31.1. The number of methoxy groups -OCH3 is 1. The Balaban J connectivity index is 3.26. The summed E-state index contributed by atoms with van der Waals surface area (Å²) in [6, 6.07) is 5.47. The number of hydrogen-bond acceptors (Lipinski definition) is 6. The molecule has 0 saturated carbocycles. The fourth-order valence-electron chi connectivity index (χ4n) is 2.81. The lowest BCUT2D eigenvalue weighted by molar-refractivity contribution is -0.118. The topological polar surface area (TPSA) is 119 Å². The number of benzene rings is 1. The molecule has 1 aromatic carbocycles. The van der Waals surface area contributed by atoms with E-state index in [2.05, 4.69) is 5.32 Å². The molecule has 162 valence electrons. The van der Waals surface area contributed by atoms with Crippen molar-refractivity contribution >= 4 is 21.4 Å². The quantitative estimate of drug-likeness (QED) is 0.298. The summed E-state index contributed by atoms with van der Waals surface area (Å²) in [6.07, 6.45) is 4.71. The third kappa shape index (κ3) is 6.81. The summed E-state index contributed by atoms with van der Waals surface area (Å²) in [7, 11) is -2.66. The van der Waals surface area contributed by atoms with Gasteiger partial charge < -0.3 is 20.9 Å². The number of hydrogen-bond donors (Lipinski definition) is 3. The number of sulfone groups is 1. The SMILES string of the molecule is CCCCC(C)(C/C=C(\C)OC)NC(=O)/C(=C(\C)O)S(=O)(=O)c1ccc(N)cc1. The Bertz CT molecular complexity index is 869. The van der Waals surface area contributed by atoms with Gasteiger partial charge in [0.2, 0.25) is 9.84 Å². The molecule has 0 radical (unpaired) electrons. The van der Waals surface area contributed by atoms with Crippen LogP contribution in [0.5, 0.6) is 0 Å². The number of unbranched alkanes of at least 4 members (excludes halogenated alkanes) is 1. The van der Waals surface area contributed by atoms with Crippen molar-refractivity contribution in [2.75, 3.05) is 12.8 Å². The number of aliphatic hydroxyl groups excluding tert-OH is 1. The summed E-state index contributed by atoms with van der Waals surface area (Å²) in [5.41, 5.74) is 5.30. The minimum atomic E-state index is -4.22. The first-order valence-electron chi connectivity index (χ1n) is 9.50. The zero-order chi connectivity index (χ0) is 22.2. The van der Waals surface area contributed by atoms with Gasteiger partial charge >= 0.3 is 0 Å². The van der Waals surface area contributed by atoms with Gasteiger partial charge in [0.1, 0.15) is 5.76 Å². The fourth-order valence-corrected chi connectivity index (χ4v) is 4.23. The molecule has 0 bridgehead atoms. The average Bonchev–Trinajstić information content (AvgIpc) is 2.64. The van der Waals surface area contributed by atoms with E-state index in [4.69, 9.17) is 10.5 Å². The summed E-state index contributed by atoms with van der Waals surface area (Å²) in [4.78, 5) is 12.2. The van der Waals surface area contributed by atoms with Crippen molar-refractivity contribution in [1.82, 2.24) is 5.32 Å². The van der Waals surface area contributed by atoms with E-state index in [0.717, 1.165) is 12.8 Å². The van der Waals surface area contributed by atoms with Gasteiger partial charge in [0.15, 0.2) is 4.91 Å². The van der Waals surface area contributed by atoms with Crippen molar-refractivity contribution in [1.29, 1.82) is 0 Å². The molecular formula is C21H32N2O5S. The van der Waals surface area contributed by atoms with Crippen molar-refractivity contribution in [2.45, 2.75) is 63.8 Å². The van der Waals surface area contributed by atoms with Gasteiger partial charge in [0.05, 0.1) is 17.8 Å². The summed E-state index contributed by atoms with van der Waals surface area (Å²) in [5.74, 6) is -0.713. The van der Waals surface area contributed by atoms with E-state index in [-0.39, 0.29) is 4.90 Å². The van der Waals surface area contributed by atoms with Crippen molar-refractivity contribution in [3.63, 3.8) is 0 Å². The van der Waals surface area contributed by atoms with Crippen LogP contribution in [0, 0.1) is 0 Å². The van der Waals surface area contributed by atoms with Crippen LogP contribution in [0.3, 0.4) is 0 Å². The second-order valence-electron chi connectivity index (χ2n) is 7.33. The summed E-state index contributed by atoms with van der Waals surface area (Å²) >= 11 is 0. The molecule has 0 aliphatic heterocycles. The van der Waals surface area contributed by atoms with Crippen LogP contribution in [0.4, 0.5) is 5.69 Å². The third-order valence-electron chi connectivity index (χ3n) is 4.65. The van der Waals surface area contributed by atoms with Gasteiger partial charge in [0, 0.05) is 11.2 Å². The van der Waals surface area contributed by atoms with Crippen LogP contribution >= 0.6 is 0 Å². The van der Waals surface area contributed by atoms with Crippen molar-refractivity contribution < 1.29 is 23.1 Å². The average molecular weight is 425 g/mol. The number of rotatable bonds is 10. The maximum absolute atomic E-state index is 13.0. The molecule has 0 aliphatic carbocycles. The molecule has 1 amide bonds. The van der Waals surface area contributed by atoms with E-state index >= 15 is 0 Å². The highest BCUT2D eigenvalue weighted by Crippen LogP contribution is 2.26. The number of nitrogens with two attached hydrogens (primary N) is 1. The van der Waals surface area contributed by atoms with Crippen LogP contribution in [0.25, 0.3) is 0 Å². The molecule has 0 aromatic heterocycles. The van der Waals surface area contributed by atoms with Gasteiger partial charge in [0.25, 0.3) is 5.91 Å². The van der Waals surface area contributed by atoms with Crippen molar-refractivity contribution in [3.8, 4) is 0 Å². The number of carbonyl (C=O) groups is 1. The predicted octanol–water partition coefficient (Wildman–Crippen LogP) is 3.84. The van der Waals surface area contributed by atoms with Gasteiger partial charge in [-0.3, -0.25) is 4.79 Å². The van der Waals surface area contributed by atoms with Gasteiger partial charge in [-0.2, -0.15) is 0 Å². The highest BCUT2D eigenvalue weighted by Gasteiger charge is 2.34. The first-order valence-corrected chi connectivity index (χ1v) is 11.0. The predicted molar refractivity (Wildman–Crippen MR) is 115 cm³/mol. The van der Waals surface area contributed by atoms with Crippen LogP contribution in [-0.2, 0) is 19.4 Å². The van der Waals surface area contributed by atoms with E-state index in [9.17, 15) is 18.3 Å². The molecule has 0 spiro atoms. The van der Waals surface area contributed by atoms with E-state index in [1.54, 1.807) is 14.0 Å². The molecule has 8 heteroatoms. The molecule has 4 N–H and O–H groups in total. The number of anilines is 1. The smallest absolute Gasteiger partial charge is 0.267 e. The lowest BCUT2D eigenvalue weighted by Gasteiger charge is -2.30. The Morgan fingerprint density at radius 1 is 1.28 bits per heavy atom. The van der Waals surface area contributed by atoms with Gasteiger partial charge in [-0.15, -0.1) is 0 Å². The Morgan fingerprint density at radius 3 is 2.34 bits per heavy atom. The number of aliphatic hydroxyl groups is 1. The first-order chi connectivity index (χ1) is 13.5. The van der Waals surface area contributed by atoms with E-state index in [1.807, 2.05) is 19.9 Å². The van der Waals surface area contributed by atoms with Gasteiger partial charge in [-0.1, -0.05) is 19.8 Å². The largest absolute Gasteiger partial charge is 0.511 e. The number of amides is 1. The molecular weight excluding hydrogens is 392 g/mol. The van der Waals surface area contributed by atoms with Crippen molar-refractivity contribution in [3.05, 3.63) is 46.8 Å². The summed E-state index contributed by atoms with van der Waals surface area (Å²) in [5, 5.41) is 12.9. The maximum atomic E-state index is 13.0. The Morgan fingerprint density at radius 2 is 1.86 bits per heavy atom. The molecule has 0 aliphatic rings. The van der Waals surface area contributed by atoms with Crippen LogP contribution in [0.2, 0.25) is 0 Å². The highest BCUT2D eigenvalue weighted by molar-refractivity contribution is 7.96. The zero-order valence-electron chi connectivity index (χ0n) is 17.8. The molecule has 1 unspecified atom stereocenters. The van der Waals surface area contributed by atoms with Crippen LogP contribution in [-0.4, -0.2) is 32.1 Å². The normalized spacial score (nSPS) is 15.3. The molecule has 0 saturated heterocycles. The van der Waals surface area contributed by atoms with E-state index in [1.165, 1.54) is 31.2 Å². The molecule has 1 atom stereocenters. The number of carbonyl (C=O) groups excluding carboxylic acids is 1. The first kappa shape index (κ1) is 24.6. The number of nitrogen functional groups attached to an aromatic ring is 1. The monoisotopic (exact) mass is 424 g/mol. The second-order valence-corrected chi connectivity index (χ2v) is 9.21. The lowest BCUT2D eigenvalue weighted by atomic mass is 9.90. The molecule has 1 aromatic rings.